The summed E-state index contributed by atoms with van der Waals surface area (Å²) < 4.78 is 30.6. The molecular weight excluding hydrogens is 301 g/mol. The third-order valence-corrected chi connectivity index (χ3v) is 4.57. The zero-order chi connectivity index (χ0) is 15.2. The molecule has 0 heterocycles. The molecule has 0 N–H and O–H groups in total. The van der Waals surface area contributed by atoms with Gasteiger partial charge in [0.2, 0.25) is 0 Å². The van der Waals surface area contributed by atoms with Crippen LogP contribution in [0.15, 0.2) is 29.2 Å². The summed E-state index contributed by atoms with van der Waals surface area (Å²) in [6, 6.07) is 6.41. The Morgan fingerprint density at radius 1 is 1.19 bits per heavy atom. The molecule has 21 heavy (non-hydrogen) atoms. The van der Waals surface area contributed by atoms with Crippen molar-refractivity contribution in [2.24, 2.45) is 0 Å². The molecule has 0 fully saturated rings. The monoisotopic (exact) mass is 322 g/mol. The Morgan fingerprint density at radius 3 is 2.24 bits per heavy atom. The molecule has 0 spiro atoms. The second kappa shape index (κ2) is 9.46. The van der Waals surface area contributed by atoms with Crippen molar-refractivity contribution < 1.29 is 17.9 Å². The number of amides is 1. The zero-order valence-corrected chi connectivity index (χ0v) is 15.9. The van der Waals surface area contributed by atoms with E-state index in [9.17, 15) is 13.2 Å². The van der Waals surface area contributed by atoms with Crippen LogP contribution < -0.4 is 0 Å². The van der Waals surface area contributed by atoms with E-state index in [2.05, 4.69) is 0 Å². The number of sulfonamides is 1. The standard InChI is InChI=1S/C14H21NO4S.Na/c1-4-6-11-15(14(16)19-5-2)20(17,18)13-9-7-12(3)8-10-13;/h7-10H,4-6,11H2,1-3H3;. The minimum atomic E-state index is -3.85. The number of rotatable bonds is 6. The molecule has 0 atom stereocenters. The molecule has 0 saturated carbocycles. The minimum Gasteiger partial charge on any atom is -0.449 e. The smallest absolute Gasteiger partial charge is 0.423 e. The second-order valence-electron chi connectivity index (χ2n) is 4.44. The average Bonchev–Trinajstić information content (AvgIpc) is 2.39. The quantitative estimate of drug-likeness (QED) is 0.755. The molecule has 1 amide bonds. The van der Waals surface area contributed by atoms with Crippen molar-refractivity contribution in [3.63, 3.8) is 0 Å². The van der Waals surface area contributed by atoms with Gasteiger partial charge >= 0.3 is 6.09 Å². The van der Waals surface area contributed by atoms with Gasteiger partial charge in [-0.05, 0) is 32.4 Å². The molecule has 0 aromatic heterocycles. The van der Waals surface area contributed by atoms with Crippen LogP contribution in [0.4, 0.5) is 4.79 Å². The zero-order valence-electron chi connectivity index (χ0n) is 13.1. The first-order valence-corrected chi connectivity index (χ1v) is 8.13. The predicted molar refractivity (Wildman–Crippen MR) is 82.8 cm³/mol. The SMILES string of the molecule is CCCCN(C(=O)OCC)S(=O)(=O)c1ccc(C)cc1.[Na]. The van der Waals surface area contributed by atoms with Gasteiger partial charge in [-0.15, -0.1) is 0 Å². The second-order valence-corrected chi connectivity index (χ2v) is 6.31. The fourth-order valence-corrected chi connectivity index (χ4v) is 3.00. The van der Waals surface area contributed by atoms with E-state index in [0.29, 0.717) is 6.42 Å². The molecule has 0 aliphatic carbocycles. The van der Waals surface area contributed by atoms with Crippen molar-refractivity contribution in [2.45, 2.75) is 38.5 Å². The number of carbonyl (C=O) groups is 1. The minimum absolute atomic E-state index is 0. The fraction of sp³-hybridized carbons (Fsp3) is 0.500. The first kappa shape index (κ1) is 20.4. The number of nitrogens with zero attached hydrogens (tertiary/aromatic N) is 1. The number of carbonyl (C=O) groups excluding carboxylic acids is 1. The molecule has 1 aromatic rings. The number of hydrogen-bond donors (Lipinski definition) is 0. The average molecular weight is 322 g/mol. The van der Waals surface area contributed by atoms with Gasteiger partial charge in [-0.1, -0.05) is 31.0 Å². The van der Waals surface area contributed by atoms with E-state index in [-0.39, 0.29) is 47.6 Å². The van der Waals surface area contributed by atoms with E-state index in [1.807, 2.05) is 13.8 Å². The number of unbranched alkanes of at least 4 members (excludes halogenated alkanes) is 1. The molecular formula is C14H21NNaO4S. The Kier molecular flexibility index (Phi) is 9.20. The van der Waals surface area contributed by atoms with Crippen LogP contribution in [-0.4, -0.2) is 61.5 Å². The first-order chi connectivity index (χ1) is 9.43. The van der Waals surface area contributed by atoms with Gasteiger partial charge in [0.05, 0.1) is 11.5 Å². The fourth-order valence-electron chi connectivity index (χ4n) is 1.64. The van der Waals surface area contributed by atoms with Gasteiger partial charge in [0.25, 0.3) is 10.0 Å². The van der Waals surface area contributed by atoms with Crippen LogP contribution >= 0.6 is 0 Å². The molecule has 113 valence electrons. The summed E-state index contributed by atoms with van der Waals surface area (Å²) in [7, 11) is -3.85. The summed E-state index contributed by atoms with van der Waals surface area (Å²) in [5.74, 6) is 0. The molecule has 0 aliphatic heterocycles. The molecule has 7 heteroatoms. The van der Waals surface area contributed by atoms with Crippen molar-refractivity contribution in [3.8, 4) is 0 Å². The number of ether oxygens (including phenoxy) is 1. The normalized spacial score (nSPS) is 10.6. The van der Waals surface area contributed by atoms with Gasteiger partial charge in [-0.2, -0.15) is 0 Å². The Balaban J connectivity index is 0.00000400. The van der Waals surface area contributed by atoms with Gasteiger partial charge in [0.15, 0.2) is 0 Å². The largest absolute Gasteiger partial charge is 0.449 e. The van der Waals surface area contributed by atoms with Crippen LogP contribution in [0.2, 0.25) is 0 Å². The van der Waals surface area contributed by atoms with Crippen molar-refractivity contribution in [3.05, 3.63) is 29.8 Å². The van der Waals surface area contributed by atoms with Crippen LogP contribution in [0.1, 0.15) is 32.3 Å². The van der Waals surface area contributed by atoms with Crippen LogP contribution in [0, 0.1) is 6.92 Å². The summed E-state index contributed by atoms with van der Waals surface area (Å²) >= 11 is 0. The van der Waals surface area contributed by atoms with Crippen molar-refractivity contribution in [1.82, 2.24) is 4.31 Å². The van der Waals surface area contributed by atoms with E-state index >= 15 is 0 Å². The molecule has 1 rings (SSSR count). The summed E-state index contributed by atoms with van der Waals surface area (Å²) in [4.78, 5) is 12.0. The maximum Gasteiger partial charge on any atom is 0.423 e. The molecule has 1 aromatic carbocycles. The van der Waals surface area contributed by atoms with E-state index in [0.717, 1.165) is 16.3 Å². The van der Waals surface area contributed by atoms with Crippen molar-refractivity contribution in [2.75, 3.05) is 13.2 Å². The van der Waals surface area contributed by atoms with Crippen LogP contribution in [-0.2, 0) is 14.8 Å². The Morgan fingerprint density at radius 2 is 1.76 bits per heavy atom. The molecule has 5 nitrogen and oxygen atoms in total. The van der Waals surface area contributed by atoms with Crippen LogP contribution in [0.25, 0.3) is 0 Å². The molecule has 0 saturated heterocycles. The number of hydrogen-bond acceptors (Lipinski definition) is 4. The summed E-state index contributed by atoms with van der Waals surface area (Å²) in [6.07, 6.45) is 0.574. The maximum absolute atomic E-state index is 12.5. The maximum atomic E-state index is 12.5. The third-order valence-electron chi connectivity index (χ3n) is 2.80. The van der Waals surface area contributed by atoms with Gasteiger partial charge in [0, 0.05) is 36.1 Å². The molecule has 0 unspecified atom stereocenters. The Labute approximate surface area is 149 Å². The van der Waals surface area contributed by atoms with E-state index < -0.39 is 16.1 Å². The Hall–Kier alpha value is -0.560. The number of aryl methyl sites for hydroxylation is 1. The van der Waals surface area contributed by atoms with Gasteiger partial charge in [0.1, 0.15) is 0 Å². The summed E-state index contributed by atoms with van der Waals surface area (Å²) in [5.41, 5.74) is 0.959. The molecule has 1 radical (unpaired) electrons. The van der Waals surface area contributed by atoms with Crippen molar-refractivity contribution >= 4 is 45.7 Å². The Bertz CT molecular complexity index is 543. The summed E-state index contributed by atoms with van der Waals surface area (Å²) in [6.45, 7) is 5.73. The molecule has 0 bridgehead atoms. The van der Waals surface area contributed by atoms with Crippen LogP contribution in [0.5, 0.6) is 0 Å². The molecule has 0 aliphatic rings. The van der Waals surface area contributed by atoms with Gasteiger partial charge in [-0.25, -0.2) is 17.5 Å². The van der Waals surface area contributed by atoms with Gasteiger partial charge in [-0.3, -0.25) is 0 Å². The first-order valence-electron chi connectivity index (χ1n) is 6.69. The predicted octanol–water partition coefficient (Wildman–Crippen LogP) is 2.56. The van der Waals surface area contributed by atoms with Gasteiger partial charge < -0.3 is 4.74 Å². The number of benzene rings is 1. The van der Waals surface area contributed by atoms with Crippen molar-refractivity contribution in [1.29, 1.82) is 0 Å². The third kappa shape index (κ3) is 5.62. The van der Waals surface area contributed by atoms with E-state index in [1.165, 1.54) is 12.1 Å². The topological polar surface area (TPSA) is 63.7 Å². The van der Waals surface area contributed by atoms with E-state index in [1.54, 1.807) is 19.1 Å². The summed E-state index contributed by atoms with van der Waals surface area (Å²) in [5, 5.41) is 0. The van der Waals surface area contributed by atoms with E-state index in [4.69, 9.17) is 4.74 Å². The van der Waals surface area contributed by atoms with Crippen LogP contribution in [0.3, 0.4) is 0 Å².